The maximum Gasteiger partial charge on any atom is 0.115 e. The molecule has 3 heteroatoms. The third-order valence-corrected chi connectivity index (χ3v) is 4.67. The molecule has 0 aliphatic carbocycles. The monoisotopic (exact) mass is 388 g/mol. The molecule has 3 aromatic rings. The van der Waals surface area contributed by atoms with Gasteiger partial charge in [0.1, 0.15) is 11.5 Å². The van der Waals surface area contributed by atoms with Gasteiger partial charge in [-0.1, -0.05) is 72.8 Å². The molecule has 0 fully saturated rings. The highest BCUT2D eigenvalue weighted by Crippen LogP contribution is 2.29. The van der Waals surface area contributed by atoms with Crippen molar-refractivity contribution in [2.45, 2.75) is 18.8 Å². The van der Waals surface area contributed by atoms with Crippen LogP contribution in [0.3, 0.4) is 0 Å². The van der Waals surface area contributed by atoms with Gasteiger partial charge < -0.3 is 15.3 Å². The number of hydrogen-bond acceptors (Lipinski definition) is 3. The van der Waals surface area contributed by atoms with Crippen LogP contribution in [0.15, 0.2) is 97.6 Å². The van der Waals surface area contributed by atoms with Crippen molar-refractivity contribution in [3.63, 3.8) is 0 Å². The first-order valence-corrected chi connectivity index (χ1v) is 9.53. The zero-order chi connectivity index (χ0) is 21.1. The molecule has 0 aliphatic rings. The van der Waals surface area contributed by atoms with E-state index in [0.717, 1.165) is 17.5 Å². The van der Waals surface area contributed by atoms with Gasteiger partial charge in [0.2, 0.25) is 0 Å². The van der Waals surface area contributed by atoms with Gasteiger partial charge in [-0.25, -0.2) is 0 Å². The van der Waals surface area contributed by atoms with Gasteiger partial charge in [0.15, 0.2) is 0 Å². The van der Waals surface area contributed by atoms with Crippen molar-refractivity contribution in [3.05, 3.63) is 114 Å². The van der Waals surface area contributed by atoms with Crippen LogP contribution in [-0.4, -0.2) is 21.9 Å². The maximum absolute atomic E-state index is 9.36. The van der Waals surface area contributed by atoms with E-state index >= 15 is 0 Å². The Bertz CT molecular complexity index is 897. The smallest absolute Gasteiger partial charge is 0.115 e. The Labute approximate surface area is 172 Å². The second-order valence-corrected chi connectivity index (χ2v) is 6.92. The summed E-state index contributed by atoms with van der Waals surface area (Å²) in [5, 5.41) is 27.2. The fourth-order valence-corrected chi connectivity index (χ4v) is 2.73. The minimum absolute atomic E-state index is 0.240. The van der Waals surface area contributed by atoms with E-state index in [-0.39, 0.29) is 23.5 Å². The number of hydrogen-bond donors (Lipinski definition) is 3. The van der Waals surface area contributed by atoms with Crippen molar-refractivity contribution in [2.75, 3.05) is 6.61 Å². The largest absolute Gasteiger partial charge is 0.508 e. The van der Waals surface area contributed by atoms with Crippen LogP contribution in [0.5, 0.6) is 11.5 Å². The van der Waals surface area contributed by atoms with E-state index in [1.165, 1.54) is 5.56 Å². The summed E-state index contributed by atoms with van der Waals surface area (Å²) >= 11 is 0. The lowest BCUT2D eigenvalue weighted by Gasteiger charge is -2.22. The van der Waals surface area contributed by atoms with Gasteiger partial charge in [-0.2, -0.15) is 0 Å². The lowest BCUT2D eigenvalue weighted by atomic mass is 9.82. The molecule has 0 radical (unpaired) electrons. The number of aliphatic hydroxyl groups is 1. The van der Waals surface area contributed by atoms with Crippen molar-refractivity contribution < 1.29 is 15.3 Å². The Morgan fingerprint density at radius 1 is 0.828 bits per heavy atom. The van der Waals surface area contributed by atoms with Crippen molar-refractivity contribution in [3.8, 4) is 11.5 Å². The molecule has 0 aromatic heterocycles. The van der Waals surface area contributed by atoms with Crippen LogP contribution in [0.4, 0.5) is 0 Å². The molecule has 1 unspecified atom stereocenters. The Morgan fingerprint density at radius 3 is 1.90 bits per heavy atom. The van der Waals surface area contributed by atoms with Crippen LogP contribution in [0.2, 0.25) is 0 Å². The van der Waals surface area contributed by atoms with Crippen LogP contribution >= 0.6 is 0 Å². The van der Waals surface area contributed by atoms with E-state index < -0.39 is 0 Å². The van der Waals surface area contributed by atoms with Crippen molar-refractivity contribution in [1.82, 2.24) is 0 Å². The number of aromatic hydroxyl groups is 2. The van der Waals surface area contributed by atoms with E-state index in [1.54, 1.807) is 24.3 Å². The first-order valence-electron chi connectivity index (χ1n) is 9.53. The number of aliphatic hydroxyl groups excluding tert-OH is 1. The maximum atomic E-state index is 9.36. The molecule has 0 saturated heterocycles. The van der Waals surface area contributed by atoms with Crippen molar-refractivity contribution in [1.29, 1.82) is 0 Å². The second kappa shape index (κ2) is 10.9. The molecular weight excluding hydrogens is 360 g/mol. The summed E-state index contributed by atoms with van der Waals surface area (Å²) in [4.78, 5) is 0. The molecule has 0 heterocycles. The SMILES string of the molecule is C=CC(C)(/C=C\c1ccc(O)cc1)c1ccc(O)cc1.OCCc1ccccc1. The molecule has 150 valence electrons. The van der Waals surface area contributed by atoms with Crippen LogP contribution in [0.1, 0.15) is 23.6 Å². The topological polar surface area (TPSA) is 60.7 Å². The number of phenols is 2. The van der Waals surface area contributed by atoms with Crippen LogP contribution < -0.4 is 0 Å². The van der Waals surface area contributed by atoms with Gasteiger partial charge in [-0.15, -0.1) is 6.58 Å². The third-order valence-electron chi connectivity index (χ3n) is 4.67. The normalized spacial score (nSPS) is 12.6. The highest BCUT2D eigenvalue weighted by atomic mass is 16.3. The molecule has 29 heavy (non-hydrogen) atoms. The average Bonchev–Trinajstić information content (AvgIpc) is 2.75. The summed E-state index contributed by atoms with van der Waals surface area (Å²) in [7, 11) is 0. The van der Waals surface area contributed by atoms with Gasteiger partial charge in [0.05, 0.1) is 0 Å². The summed E-state index contributed by atoms with van der Waals surface area (Å²) in [6.07, 6.45) is 6.68. The molecule has 0 amide bonds. The van der Waals surface area contributed by atoms with Crippen molar-refractivity contribution in [2.24, 2.45) is 0 Å². The Kier molecular flexibility index (Phi) is 8.26. The van der Waals surface area contributed by atoms with Gasteiger partial charge in [0, 0.05) is 12.0 Å². The summed E-state index contributed by atoms with van der Waals surface area (Å²) in [6.45, 7) is 6.20. The first-order chi connectivity index (χ1) is 14.0. The quantitative estimate of drug-likeness (QED) is 0.490. The Balaban J connectivity index is 0.000000278. The Hall–Kier alpha value is -3.30. The third kappa shape index (κ3) is 6.98. The second-order valence-electron chi connectivity index (χ2n) is 6.92. The van der Waals surface area contributed by atoms with Gasteiger partial charge >= 0.3 is 0 Å². The molecular formula is C26H28O3. The van der Waals surface area contributed by atoms with E-state index in [4.69, 9.17) is 5.11 Å². The van der Waals surface area contributed by atoms with E-state index in [9.17, 15) is 10.2 Å². The molecule has 3 N–H and O–H groups in total. The number of benzene rings is 3. The van der Waals surface area contributed by atoms with Crippen LogP contribution in [0, 0.1) is 0 Å². The van der Waals surface area contributed by atoms with Gasteiger partial charge in [-0.3, -0.25) is 0 Å². The number of rotatable bonds is 6. The number of allylic oxidation sites excluding steroid dienone is 2. The summed E-state index contributed by atoms with van der Waals surface area (Å²) < 4.78 is 0. The summed E-state index contributed by atoms with van der Waals surface area (Å²) in [5.41, 5.74) is 2.95. The van der Waals surface area contributed by atoms with Gasteiger partial charge in [0.25, 0.3) is 0 Å². The average molecular weight is 389 g/mol. The zero-order valence-electron chi connectivity index (χ0n) is 16.7. The number of phenolic OH excluding ortho intramolecular Hbond substituents is 2. The molecule has 3 rings (SSSR count). The standard InChI is InChI=1S/C18H18O2.C8H10O/c1-3-18(2,15-6-10-17(20)11-7-15)13-12-14-4-8-16(19)9-5-14;9-7-6-8-4-2-1-3-5-8/h3-13,19-20H,1H2,2H3;1-5,9H,6-7H2/b13-12-;. The lowest BCUT2D eigenvalue weighted by molar-refractivity contribution is 0.299. The highest BCUT2D eigenvalue weighted by molar-refractivity contribution is 5.54. The van der Waals surface area contributed by atoms with E-state index in [1.807, 2.05) is 66.7 Å². The molecule has 3 nitrogen and oxygen atoms in total. The first kappa shape index (κ1) is 22.0. The molecule has 0 spiro atoms. The molecule has 0 bridgehead atoms. The predicted molar refractivity (Wildman–Crippen MR) is 120 cm³/mol. The fraction of sp³-hybridized carbons (Fsp3) is 0.154. The van der Waals surface area contributed by atoms with E-state index in [2.05, 4.69) is 19.6 Å². The summed E-state index contributed by atoms with van der Waals surface area (Å²) in [5.74, 6) is 0.509. The molecule has 0 saturated carbocycles. The zero-order valence-corrected chi connectivity index (χ0v) is 16.7. The lowest BCUT2D eigenvalue weighted by Crippen LogP contribution is -2.14. The molecule has 0 aliphatic heterocycles. The van der Waals surface area contributed by atoms with Crippen LogP contribution in [0.25, 0.3) is 6.08 Å². The predicted octanol–water partition coefficient (Wildman–Crippen LogP) is 5.48. The van der Waals surface area contributed by atoms with E-state index in [0.29, 0.717) is 0 Å². The van der Waals surface area contributed by atoms with Crippen molar-refractivity contribution >= 4 is 6.08 Å². The van der Waals surface area contributed by atoms with Gasteiger partial charge in [-0.05, 0) is 54.3 Å². The minimum atomic E-state index is -0.314. The fourth-order valence-electron chi connectivity index (χ4n) is 2.73. The highest BCUT2D eigenvalue weighted by Gasteiger charge is 2.18. The minimum Gasteiger partial charge on any atom is -0.508 e. The van der Waals surface area contributed by atoms with Crippen LogP contribution in [-0.2, 0) is 11.8 Å². The Morgan fingerprint density at radius 2 is 1.38 bits per heavy atom. The summed E-state index contributed by atoms with van der Waals surface area (Å²) in [6, 6.07) is 24.1. The molecule has 3 aromatic carbocycles. The molecule has 1 atom stereocenters.